The highest BCUT2D eigenvalue weighted by atomic mass is 16.6. The molecule has 0 atom stereocenters. The lowest BCUT2D eigenvalue weighted by Gasteiger charge is -2.29. The molecule has 0 saturated heterocycles. The zero-order valence-corrected chi connectivity index (χ0v) is 19.1. The SMILES string of the molecule is COc1ccc(-c2cnc3[nH]cc(C4=CCN(C(=O)OC(C)(C)C)CC4)c3n2)cc1OC. The van der Waals surface area contributed by atoms with E-state index in [4.69, 9.17) is 19.2 Å². The smallest absolute Gasteiger partial charge is 0.410 e. The van der Waals surface area contributed by atoms with Crippen LogP contribution in [-0.2, 0) is 4.74 Å². The van der Waals surface area contributed by atoms with Crippen molar-refractivity contribution in [3.8, 4) is 22.8 Å². The predicted molar refractivity (Wildman–Crippen MR) is 123 cm³/mol. The molecule has 0 bridgehead atoms. The van der Waals surface area contributed by atoms with Crippen molar-refractivity contribution in [2.24, 2.45) is 0 Å². The summed E-state index contributed by atoms with van der Waals surface area (Å²) in [6.45, 7) is 6.71. The summed E-state index contributed by atoms with van der Waals surface area (Å²) >= 11 is 0. The van der Waals surface area contributed by atoms with Crippen LogP contribution in [0.15, 0.2) is 36.7 Å². The Morgan fingerprint density at radius 1 is 1.16 bits per heavy atom. The van der Waals surface area contributed by atoms with Crippen LogP contribution in [-0.4, -0.2) is 58.9 Å². The summed E-state index contributed by atoms with van der Waals surface area (Å²) < 4.78 is 16.2. The molecule has 1 aliphatic heterocycles. The first-order valence-electron chi connectivity index (χ1n) is 10.5. The molecule has 0 aliphatic carbocycles. The Bertz CT molecular complexity index is 1180. The van der Waals surface area contributed by atoms with Crippen LogP contribution in [0.3, 0.4) is 0 Å². The van der Waals surface area contributed by atoms with Crippen LogP contribution in [0.5, 0.6) is 11.5 Å². The number of benzene rings is 1. The summed E-state index contributed by atoms with van der Waals surface area (Å²) in [6, 6.07) is 5.68. The molecule has 0 radical (unpaired) electrons. The van der Waals surface area contributed by atoms with Gasteiger partial charge >= 0.3 is 6.09 Å². The number of aromatic nitrogens is 3. The zero-order chi connectivity index (χ0) is 22.9. The number of methoxy groups -OCH3 is 2. The highest BCUT2D eigenvalue weighted by Gasteiger charge is 2.25. The van der Waals surface area contributed by atoms with E-state index in [0.717, 1.165) is 33.6 Å². The third-order valence-electron chi connectivity index (χ3n) is 5.27. The predicted octanol–water partition coefficient (Wildman–Crippen LogP) is 4.67. The Labute approximate surface area is 187 Å². The number of hydrogen-bond donors (Lipinski definition) is 1. The van der Waals surface area contributed by atoms with Crippen molar-refractivity contribution in [1.29, 1.82) is 0 Å². The molecule has 3 aromatic rings. The summed E-state index contributed by atoms with van der Waals surface area (Å²) in [5.41, 5.74) is 4.78. The number of carbonyl (C=O) groups is 1. The Hall–Kier alpha value is -3.55. The summed E-state index contributed by atoms with van der Waals surface area (Å²) in [7, 11) is 3.22. The highest BCUT2D eigenvalue weighted by molar-refractivity contribution is 5.89. The van der Waals surface area contributed by atoms with Gasteiger partial charge in [0.05, 0.1) is 26.1 Å². The lowest BCUT2D eigenvalue weighted by atomic mass is 10.0. The molecule has 0 unspecified atom stereocenters. The second-order valence-corrected chi connectivity index (χ2v) is 8.63. The largest absolute Gasteiger partial charge is 0.493 e. The topological polar surface area (TPSA) is 89.6 Å². The molecule has 0 spiro atoms. The van der Waals surface area contributed by atoms with Crippen LogP contribution in [0.25, 0.3) is 28.0 Å². The van der Waals surface area contributed by atoms with Gasteiger partial charge in [-0.1, -0.05) is 6.08 Å². The summed E-state index contributed by atoms with van der Waals surface area (Å²) in [5, 5.41) is 0. The Kier molecular flexibility index (Phi) is 5.78. The van der Waals surface area contributed by atoms with Crippen LogP contribution < -0.4 is 9.47 Å². The first-order chi connectivity index (χ1) is 15.3. The molecule has 3 heterocycles. The standard InChI is InChI=1S/C24H28N4O4/c1-24(2,3)32-23(29)28-10-8-15(9-11-28)17-13-25-22-21(17)27-18(14-26-22)16-6-7-19(30-4)20(12-16)31-5/h6-8,12-14H,9-11H2,1-5H3,(H,25,26). The number of rotatable bonds is 4. The number of aromatic amines is 1. The van der Waals surface area contributed by atoms with Gasteiger partial charge in [-0.3, -0.25) is 0 Å². The fraction of sp³-hybridized carbons (Fsp3) is 0.375. The summed E-state index contributed by atoms with van der Waals surface area (Å²) in [4.78, 5) is 26.7. The van der Waals surface area contributed by atoms with E-state index in [1.54, 1.807) is 25.3 Å². The number of amides is 1. The van der Waals surface area contributed by atoms with Gasteiger partial charge in [0.25, 0.3) is 0 Å². The van der Waals surface area contributed by atoms with Gasteiger partial charge in [-0.25, -0.2) is 14.8 Å². The molecule has 0 saturated carbocycles. The molecule has 1 amide bonds. The quantitative estimate of drug-likeness (QED) is 0.639. The van der Waals surface area contributed by atoms with Gasteiger partial charge in [0.15, 0.2) is 17.1 Å². The van der Waals surface area contributed by atoms with Gasteiger partial charge in [0.1, 0.15) is 11.1 Å². The minimum absolute atomic E-state index is 0.290. The summed E-state index contributed by atoms with van der Waals surface area (Å²) in [5.74, 6) is 1.30. The number of fused-ring (bicyclic) bond motifs is 1. The molecule has 1 aliphatic rings. The van der Waals surface area contributed by atoms with E-state index >= 15 is 0 Å². The zero-order valence-electron chi connectivity index (χ0n) is 19.1. The van der Waals surface area contributed by atoms with E-state index in [2.05, 4.69) is 16.0 Å². The first-order valence-corrected chi connectivity index (χ1v) is 10.5. The van der Waals surface area contributed by atoms with E-state index in [1.165, 1.54) is 0 Å². The fourth-order valence-electron chi connectivity index (χ4n) is 3.68. The molecule has 0 fully saturated rings. The molecule has 8 heteroatoms. The van der Waals surface area contributed by atoms with Crippen LogP contribution >= 0.6 is 0 Å². The van der Waals surface area contributed by atoms with E-state index < -0.39 is 5.60 Å². The molecule has 2 aromatic heterocycles. The van der Waals surface area contributed by atoms with Crippen molar-refractivity contribution in [3.05, 3.63) is 42.2 Å². The van der Waals surface area contributed by atoms with Gasteiger partial charge in [0, 0.05) is 30.4 Å². The number of nitrogens with one attached hydrogen (secondary N) is 1. The van der Waals surface area contributed by atoms with Crippen molar-refractivity contribution in [3.63, 3.8) is 0 Å². The number of hydrogen-bond acceptors (Lipinski definition) is 6. The third kappa shape index (κ3) is 4.39. The van der Waals surface area contributed by atoms with E-state index in [1.807, 2.05) is 45.2 Å². The van der Waals surface area contributed by atoms with Crippen molar-refractivity contribution in [2.45, 2.75) is 32.8 Å². The normalized spacial score (nSPS) is 14.3. The van der Waals surface area contributed by atoms with Crippen molar-refractivity contribution >= 4 is 22.8 Å². The molecule has 1 aromatic carbocycles. The summed E-state index contributed by atoms with van der Waals surface area (Å²) in [6.07, 6.45) is 6.15. The maximum atomic E-state index is 12.3. The van der Waals surface area contributed by atoms with E-state index in [9.17, 15) is 4.79 Å². The molecule has 1 N–H and O–H groups in total. The van der Waals surface area contributed by atoms with E-state index in [0.29, 0.717) is 31.0 Å². The average molecular weight is 437 g/mol. The number of carbonyl (C=O) groups excluding carboxylic acids is 1. The lowest BCUT2D eigenvalue weighted by Crippen LogP contribution is -2.39. The average Bonchev–Trinajstić information content (AvgIpc) is 3.20. The van der Waals surface area contributed by atoms with Crippen molar-refractivity contribution < 1.29 is 19.0 Å². The van der Waals surface area contributed by atoms with Gasteiger partial charge in [-0.15, -0.1) is 0 Å². The van der Waals surface area contributed by atoms with Crippen LogP contribution in [0, 0.1) is 0 Å². The Morgan fingerprint density at radius 3 is 2.59 bits per heavy atom. The molecular weight excluding hydrogens is 408 g/mol. The van der Waals surface area contributed by atoms with Crippen molar-refractivity contribution in [1.82, 2.24) is 19.9 Å². The van der Waals surface area contributed by atoms with Crippen molar-refractivity contribution in [2.75, 3.05) is 27.3 Å². The van der Waals surface area contributed by atoms with Gasteiger partial charge < -0.3 is 24.1 Å². The fourth-order valence-corrected chi connectivity index (χ4v) is 3.68. The molecular formula is C24H28N4O4. The number of ether oxygens (including phenoxy) is 3. The molecule has 32 heavy (non-hydrogen) atoms. The van der Waals surface area contributed by atoms with Gasteiger partial charge in [-0.05, 0) is 51.0 Å². The minimum Gasteiger partial charge on any atom is -0.493 e. The molecule has 4 rings (SSSR count). The van der Waals surface area contributed by atoms with Gasteiger partial charge in [-0.2, -0.15) is 0 Å². The van der Waals surface area contributed by atoms with Gasteiger partial charge in [0.2, 0.25) is 0 Å². The number of H-pyrrole nitrogens is 1. The first kappa shape index (κ1) is 21.7. The van der Waals surface area contributed by atoms with E-state index in [-0.39, 0.29) is 6.09 Å². The van der Waals surface area contributed by atoms with Crippen LogP contribution in [0.1, 0.15) is 32.8 Å². The third-order valence-corrected chi connectivity index (χ3v) is 5.27. The minimum atomic E-state index is -0.506. The maximum absolute atomic E-state index is 12.3. The molecule has 8 nitrogen and oxygen atoms in total. The second-order valence-electron chi connectivity index (χ2n) is 8.63. The molecule has 168 valence electrons. The highest BCUT2D eigenvalue weighted by Crippen LogP contribution is 2.33. The Morgan fingerprint density at radius 2 is 1.94 bits per heavy atom. The lowest BCUT2D eigenvalue weighted by molar-refractivity contribution is 0.0270. The van der Waals surface area contributed by atoms with Crippen LogP contribution in [0.4, 0.5) is 4.79 Å². The number of nitrogens with zero attached hydrogens (tertiary/aromatic N) is 3. The maximum Gasteiger partial charge on any atom is 0.410 e. The second kappa shape index (κ2) is 8.53. The monoisotopic (exact) mass is 436 g/mol. The Balaban J connectivity index is 1.61. The van der Waals surface area contributed by atoms with Crippen LogP contribution in [0.2, 0.25) is 0 Å².